The second-order valence-electron chi connectivity index (χ2n) is 5.31. The van der Waals surface area contributed by atoms with Crippen molar-refractivity contribution in [1.29, 1.82) is 0 Å². The minimum atomic E-state index is -0.543. The standard InChI is InChI=1S/C18H15FO3/c1-10(20)17(11(2)21)18-13-5-3-4-6-15(13)22-16-8-7-12(19)9-14(16)18/h3-9,18,20H,1-2H3/b17-10-/t18-/m0/s1. The van der Waals surface area contributed by atoms with Gasteiger partial charge in [-0.25, -0.2) is 4.39 Å². The SMILES string of the molecule is CC(=O)/C(=C(\C)O)[C@H]1c2ccccc2Oc2ccc(F)cc21. The number of aliphatic hydroxyl groups excluding tert-OH is 1. The fourth-order valence-electron chi connectivity index (χ4n) is 2.91. The summed E-state index contributed by atoms with van der Waals surface area (Å²) in [5, 5.41) is 9.98. The van der Waals surface area contributed by atoms with Gasteiger partial charge in [0.2, 0.25) is 0 Å². The van der Waals surface area contributed by atoms with E-state index in [1.807, 2.05) is 18.2 Å². The lowest BCUT2D eigenvalue weighted by Gasteiger charge is -2.29. The number of hydrogen-bond acceptors (Lipinski definition) is 3. The van der Waals surface area contributed by atoms with Gasteiger partial charge < -0.3 is 9.84 Å². The molecule has 112 valence electrons. The van der Waals surface area contributed by atoms with Crippen molar-refractivity contribution >= 4 is 5.78 Å². The topological polar surface area (TPSA) is 46.5 Å². The zero-order valence-electron chi connectivity index (χ0n) is 12.3. The summed E-state index contributed by atoms with van der Waals surface area (Å²) < 4.78 is 19.5. The van der Waals surface area contributed by atoms with Crippen LogP contribution in [-0.2, 0) is 4.79 Å². The van der Waals surface area contributed by atoms with Crippen molar-refractivity contribution in [1.82, 2.24) is 0 Å². The van der Waals surface area contributed by atoms with E-state index in [1.165, 1.54) is 32.0 Å². The summed E-state index contributed by atoms with van der Waals surface area (Å²) in [5.74, 6) is -0.179. The molecular weight excluding hydrogens is 283 g/mol. The average molecular weight is 298 g/mol. The predicted molar refractivity (Wildman–Crippen MR) is 80.8 cm³/mol. The van der Waals surface area contributed by atoms with Crippen molar-refractivity contribution in [2.24, 2.45) is 0 Å². The molecule has 4 heteroatoms. The maximum Gasteiger partial charge on any atom is 0.160 e. The second kappa shape index (κ2) is 5.30. The van der Waals surface area contributed by atoms with E-state index in [0.29, 0.717) is 17.1 Å². The van der Waals surface area contributed by atoms with Crippen LogP contribution in [0, 0.1) is 5.82 Å². The van der Waals surface area contributed by atoms with Crippen LogP contribution in [0.4, 0.5) is 4.39 Å². The van der Waals surface area contributed by atoms with Crippen molar-refractivity contribution in [3.63, 3.8) is 0 Å². The number of allylic oxidation sites excluding steroid dienone is 2. The molecule has 0 aliphatic carbocycles. The number of carbonyl (C=O) groups excluding carboxylic acids is 1. The maximum atomic E-state index is 13.7. The Kier molecular flexibility index (Phi) is 3.45. The Hall–Kier alpha value is -2.62. The molecule has 0 saturated heterocycles. The van der Waals surface area contributed by atoms with Gasteiger partial charge in [-0.1, -0.05) is 18.2 Å². The van der Waals surface area contributed by atoms with E-state index in [-0.39, 0.29) is 17.1 Å². The van der Waals surface area contributed by atoms with Crippen molar-refractivity contribution in [3.05, 3.63) is 70.7 Å². The molecule has 0 amide bonds. The molecular formula is C18H15FO3. The molecule has 22 heavy (non-hydrogen) atoms. The van der Waals surface area contributed by atoms with Crippen molar-refractivity contribution < 1.29 is 19.0 Å². The summed E-state index contributed by atoms with van der Waals surface area (Å²) in [6.07, 6.45) is 0. The van der Waals surface area contributed by atoms with E-state index in [0.717, 1.165) is 5.56 Å². The van der Waals surface area contributed by atoms with Gasteiger partial charge >= 0.3 is 0 Å². The first-order valence-electron chi connectivity index (χ1n) is 6.96. The highest BCUT2D eigenvalue weighted by Crippen LogP contribution is 2.48. The molecule has 1 heterocycles. The number of rotatable bonds is 2. The molecule has 1 N–H and O–H groups in total. The number of halogens is 1. The fraction of sp³-hybridized carbons (Fsp3) is 0.167. The summed E-state index contributed by atoms with van der Waals surface area (Å²) in [7, 11) is 0. The number of fused-ring (bicyclic) bond motifs is 2. The van der Waals surface area contributed by atoms with E-state index in [1.54, 1.807) is 6.07 Å². The van der Waals surface area contributed by atoms with E-state index in [9.17, 15) is 14.3 Å². The first-order valence-corrected chi connectivity index (χ1v) is 6.96. The van der Waals surface area contributed by atoms with Gasteiger partial charge in [-0.3, -0.25) is 4.79 Å². The third-order valence-corrected chi connectivity index (χ3v) is 3.79. The molecule has 0 spiro atoms. The van der Waals surface area contributed by atoms with Gasteiger partial charge in [0, 0.05) is 22.6 Å². The third-order valence-electron chi connectivity index (χ3n) is 3.79. The molecule has 2 aromatic rings. The van der Waals surface area contributed by atoms with Crippen LogP contribution in [0.2, 0.25) is 0 Å². The molecule has 2 aromatic carbocycles. The molecule has 1 aliphatic heterocycles. The Labute approximate surface area is 127 Å². The molecule has 0 bridgehead atoms. The van der Waals surface area contributed by atoms with Crippen LogP contribution in [0.3, 0.4) is 0 Å². The quantitative estimate of drug-likeness (QED) is 0.656. The van der Waals surface area contributed by atoms with Gasteiger partial charge in [0.05, 0.1) is 5.76 Å². The van der Waals surface area contributed by atoms with Crippen molar-refractivity contribution in [2.45, 2.75) is 19.8 Å². The minimum Gasteiger partial charge on any atom is -0.512 e. The number of carbonyl (C=O) groups is 1. The van der Waals surface area contributed by atoms with Crippen LogP contribution in [0.15, 0.2) is 53.8 Å². The van der Waals surface area contributed by atoms with Gasteiger partial charge in [0.25, 0.3) is 0 Å². The van der Waals surface area contributed by atoms with Crippen LogP contribution in [-0.4, -0.2) is 10.9 Å². The zero-order chi connectivity index (χ0) is 15.9. The Bertz CT molecular complexity index is 789. The smallest absolute Gasteiger partial charge is 0.160 e. The average Bonchev–Trinajstić information content (AvgIpc) is 2.46. The predicted octanol–water partition coefficient (Wildman–Crippen LogP) is 4.48. The lowest BCUT2D eigenvalue weighted by Crippen LogP contribution is -2.18. The largest absolute Gasteiger partial charge is 0.512 e. The molecule has 1 atom stereocenters. The van der Waals surface area contributed by atoms with Gasteiger partial charge in [-0.15, -0.1) is 0 Å². The maximum absolute atomic E-state index is 13.7. The molecule has 0 radical (unpaired) electrons. The zero-order valence-corrected chi connectivity index (χ0v) is 12.3. The van der Waals surface area contributed by atoms with Gasteiger partial charge in [0.15, 0.2) is 5.78 Å². The third kappa shape index (κ3) is 2.26. The number of ketones is 1. The molecule has 0 unspecified atom stereocenters. The normalized spacial score (nSPS) is 17.0. The van der Waals surface area contributed by atoms with Gasteiger partial charge in [0.1, 0.15) is 17.3 Å². The van der Waals surface area contributed by atoms with Crippen LogP contribution in [0.25, 0.3) is 0 Å². The number of ether oxygens (including phenoxy) is 1. The Balaban J connectivity index is 2.31. The first-order chi connectivity index (χ1) is 10.5. The number of aliphatic hydroxyl groups is 1. The Morgan fingerprint density at radius 1 is 1.09 bits per heavy atom. The summed E-state index contributed by atoms with van der Waals surface area (Å²) in [5.41, 5.74) is 1.53. The van der Waals surface area contributed by atoms with E-state index >= 15 is 0 Å². The second-order valence-corrected chi connectivity index (χ2v) is 5.31. The Morgan fingerprint density at radius 3 is 2.45 bits per heavy atom. The van der Waals surface area contributed by atoms with E-state index in [4.69, 9.17) is 4.74 Å². The molecule has 1 aliphatic rings. The highest BCUT2D eigenvalue weighted by atomic mass is 19.1. The van der Waals surface area contributed by atoms with Crippen LogP contribution < -0.4 is 4.74 Å². The highest BCUT2D eigenvalue weighted by molar-refractivity contribution is 5.96. The molecule has 3 rings (SSSR count). The Morgan fingerprint density at radius 2 is 1.77 bits per heavy atom. The van der Waals surface area contributed by atoms with Crippen molar-refractivity contribution in [2.75, 3.05) is 0 Å². The minimum absolute atomic E-state index is 0.0654. The van der Waals surface area contributed by atoms with Crippen LogP contribution in [0.5, 0.6) is 11.5 Å². The molecule has 0 aromatic heterocycles. The summed E-state index contributed by atoms with van der Waals surface area (Å²) in [6.45, 7) is 2.86. The summed E-state index contributed by atoms with van der Waals surface area (Å²) in [6, 6.07) is 11.5. The lowest BCUT2D eigenvalue weighted by atomic mass is 9.80. The number of Topliss-reactive ketones (excluding diaryl/α,β-unsaturated/α-hetero) is 1. The van der Waals surface area contributed by atoms with Crippen LogP contribution >= 0.6 is 0 Å². The first kappa shape index (κ1) is 14.3. The number of hydrogen-bond donors (Lipinski definition) is 1. The highest BCUT2D eigenvalue weighted by Gasteiger charge is 2.33. The van der Waals surface area contributed by atoms with E-state index < -0.39 is 11.7 Å². The lowest BCUT2D eigenvalue weighted by molar-refractivity contribution is -0.114. The number of benzene rings is 2. The fourth-order valence-corrected chi connectivity index (χ4v) is 2.91. The van der Waals surface area contributed by atoms with Crippen LogP contribution in [0.1, 0.15) is 30.9 Å². The van der Waals surface area contributed by atoms with Crippen molar-refractivity contribution in [3.8, 4) is 11.5 Å². The summed E-state index contributed by atoms with van der Waals surface area (Å²) >= 11 is 0. The van der Waals surface area contributed by atoms with Gasteiger partial charge in [-0.05, 0) is 38.1 Å². The monoisotopic (exact) mass is 298 g/mol. The molecule has 0 saturated carbocycles. The van der Waals surface area contributed by atoms with E-state index in [2.05, 4.69) is 0 Å². The molecule has 3 nitrogen and oxygen atoms in total. The molecule has 0 fully saturated rings. The summed E-state index contributed by atoms with van der Waals surface area (Å²) in [4.78, 5) is 12.0. The number of para-hydroxylation sites is 1. The van der Waals surface area contributed by atoms with Gasteiger partial charge in [-0.2, -0.15) is 0 Å².